The molecule has 0 aromatic rings. The van der Waals surface area contributed by atoms with Crippen molar-refractivity contribution in [3.63, 3.8) is 0 Å². The maximum atomic E-state index is 11.0. The highest BCUT2D eigenvalue weighted by molar-refractivity contribution is 5.77. The van der Waals surface area contributed by atoms with Crippen molar-refractivity contribution in [2.45, 2.75) is 58.7 Å². The van der Waals surface area contributed by atoms with Crippen molar-refractivity contribution in [3.8, 4) is 0 Å². The van der Waals surface area contributed by atoms with Crippen molar-refractivity contribution in [1.82, 2.24) is 0 Å². The Morgan fingerprint density at radius 2 is 2.23 bits per heavy atom. The van der Waals surface area contributed by atoms with E-state index in [1.807, 2.05) is 6.92 Å². The quantitative estimate of drug-likeness (QED) is 0.673. The Bertz CT molecular complexity index is 196. The van der Waals surface area contributed by atoms with Gasteiger partial charge in [-0.15, -0.1) is 0 Å². The van der Waals surface area contributed by atoms with Gasteiger partial charge in [-0.3, -0.25) is 4.79 Å². The van der Waals surface area contributed by atoms with E-state index in [0.717, 1.165) is 19.3 Å². The summed E-state index contributed by atoms with van der Waals surface area (Å²) in [6, 6.07) is 0. The van der Waals surface area contributed by atoms with Crippen molar-refractivity contribution in [2.75, 3.05) is 0 Å². The number of hydrogen-bond acceptors (Lipinski definition) is 2. The highest BCUT2D eigenvalue weighted by Crippen LogP contribution is 2.32. The first kappa shape index (κ1) is 10.7. The lowest BCUT2D eigenvalue weighted by atomic mass is 9.97. The third-order valence-corrected chi connectivity index (χ3v) is 2.86. The summed E-state index contributed by atoms with van der Waals surface area (Å²) in [4.78, 5) is 11.0. The SMILES string of the molecule is CC(=O)C(C)CC1CCC(C)(C)O1. The van der Waals surface area contributed by atoms with Crippen molar-refractivity contribution >= 4 is 5.78 Å². The van der Waals surface area contributed by atoms with Gasteiger partial charge in [-0.1, -0.05) is 6.92 Å². The van der Waals surface area contributed by atoms with Crippen LogP contribution >= 0.6 is 0 Å². The van der Waals surface area contributed by atoms with Crippen molar-refractivity contribution in [1.29, 1.82) is 0 Å². The van der Waals surface area contributed by atoms with Crippen LogP contribution in [0.4, 0.5) is 0 Å². The predicted octanol–water partition coefficient (Wildman–Crippen LogP) is 2.56. The minimum absolute atomic E-state index is 0.0289. The lowest BCUT2D eigenvalue weighted by Gasteiger charge is -2.20. The average molecular weight is 184 g/mol. The molecule has 0 saturated carbocycles. The van der Waals surface area contributed by atoms with Gasteiger partial charge >= 0.3 is 0 Å². The number of carbonyl (C=O) groups is 1. The van der Waals surface area contributed by atoms with Crippen molar-refractivity contribution < 1.29 is 9.53 Å². The normalized spacial score (nSPS) is 28.8. The predicted molar refractivity (Wildman–Crippen MR) is 52.6 cm³/mol. The number of rotatable bonds is 3. The summed E-state index contributed by atoms with van der Waals surface area (Å²) in [5.41, 5.74) is 0.0289. The third kappa shape index (κ3) is 3.11. The third-order valence-electron chi connectivity index (χ3n) is 2.86. The molecule has 76 valence electrons. The Balaban J connectivity index is 2.36. The molecule has 1 aliphatic rings. The van der Waals surface area contributed by atoms with Gasteiger partial charge in [0.2, 0.25) is 0 Å². The summed E-state index contributed by atoms with van der Waals surface area (Å²) in [7, 11) is 0. The second-order valence-corrected chi connectivity index (χ2v) is 4.79. The van der Waals surface area contributed by atoms with Gasteiger partial charge in [-0.05, 0) is 40.0 Å². The standard InChI is InChI=1S/C11H20O2/c1-8(9(2)12)7-10-5-6-11(3,4)13-10/h8,10H,5-7H2,1-4H3. The number of ketones is 1. The van der Waals surface area contributed by atoms with Crippen molar-refractivity contribution in [2.24, 2.45) is 5.92 Å². The summed E-state index contributed by atoms with van der Waals surface area (Å²) in [6.45, 7) is 7.87. The van der Waals surface area contributed by atoms with E-state index >= 15 is 0 Å². The minimum atomic E-state index is 0.0289. The van der Waals surface area contributed by atoms with Crippen LogP contribution in [0.2, 0.25) is 0 Å². The summed E-state index contributed by atoms with van der Waals surface area (Å²) < 4.78 is 5.82. The molecule has 0 radical (unpaired) electrons. The van der Waals surface area contributed by atoms with Crippen LogP contribution in [-0.2, 0) is 9.53 Å². The molecule has 2 nitrogen and oxygen atoms in total. The van der Waals surface area contributed by atoms with Crippen LogP contribution in [0.3, 0.4) is 0 Å². The summed E-state index contributed by atoms with van der Waals surface area (Å²) in [6.07, 6.45) is 3.40. The van der Waals surface area contributed by atoms with Gasteiger partial charge < -0.3 is 4.74 Å². The average Bonchev–Trinajstić information content (AvgIpc) is 2.30. The molecule has 1 aliphatic heterocycles. The number of carbonyl (C=O) groups excluding carboxylic acids is 1. The van der Waals surface area contributed by atoms with E-state index in [-0.39, 0.29) is 17.3 Å². The molecular weight excluding hydrogens is 164 g/mol. The van der Waals surface area contributed by atoms with Gasteiger partial charge in [0.15, 0.2) is 0 Å². The zero-order valence-electron chi connectivity index (χ0n) is 9.09. The summed E-state index contributed by atoms with van der Waals surface area (Å²) in [5, 5.41) is 0. The van der Waals surface area contributed by atoms with E-state index in [1.165, 1.54) is 0 Å². The van der Waals surface area contributed by atoms with Gasteiger partial charge in [-0.25, -0.2) is 0 Å². The molecule has 2 heteroatoms. The largest absolute Gasteiger partial charge is 0.372 e. The van der Waals surface area contributed by atoms with Gasteiger partial charge in [0.25, 0.3) is 0 Å². The number of Topliss-reactive ketones (excluding diaryl/α,β-unsaturated/α-hetero) is 1. The molecule has 0 aromatic heterocycles. The molecule has 1 rings (SSSR count). The molecule has 0 aromatic carbocycles. The lowest BCUT2D eigenvalue weighted by Crippen LogP contribution is -2.22. The van der Waals surface area contributed by atoms with E-state index in [0.29, 0.717) is 6.10 Å². The van der Waals surface area contributed by atoms with Crippen LogP contribution in [-0.4, -0.2) is 17.5 Å². The molecule has 1 heterocycles. The first-order chi connectivity index (χ1) is 5.91. The number of hydrogen-bond donors (Lipinski definition) is 0. The second kappa shape index (κ2) is 3.79. The minimum Gasteiger partial charge on any atom is -0.372 e. The zero-order valence-corrected chi connectivity index (χ0v) is 9.09. The van der Waals surface area contributed by atoms with Gasteiger partial charge in [0.05, 0.1) is 11.7 Å². The van der Waals surface area contributed by atoms with Crippen LogP contribution in [0, 0.1) is 5.92 Å². The van der Waals surface area contributed by atoms with Crippen LogP contribution in [0.5, 0.6) is 0 Å². The number of ether oxygens (including phenoxy) is 1. The molecule has 0 amide bonds. The molecule has 0 spiro atoms. The van der Waals surface area contributed by atoms with Crippen LogP contribution < -0.4 is 0 Å². The first-order valence-corrected chi connectivity index (χ1v) is 5.09. The second-order valence-electron chi connectivity index (χ2n) is 4.79. The highest BCUT2D eigenvalue weighted by Gasteiger charge is 2.32. The Kier molecular flexibility index (Phi) is 3.12. The summed E-state index contributed by atoms with van der Waals surface area (Å²) >= 11 is 0. The van der Waals surface area contributed by atoms with Gasteiger partial charge in [0, 0.05) is 5.92 Å². The van der Waals surface area contributed by atoms with E-state index < -0.39 is 0 Å². The molecule has 1 saturated heterocycles. The Morgan fingerprint density at radius 3 is 2.62 bits per heavy atom. The molecule has 13 heavy (non-hydrogen) atoms. The zero-order chi connectivity index (χ0) is 10.1. The molecule has 2 unspecified atom stereocenters. The van der Waals surface area contributed by atoms with E-state index in [4.69, 9.17) is 4.74 Å². The smallest absolute Gasteiger partial charge is 0.132 e. The van der Waals surface area contributed by atoms with E-state index in [2.05, 4.69) is 13.8 Å². The molecule has 0 aliphatic carbocycles. The fourth-order valence-electron chi connectivity index (χ4n) is 1.80. The van der Waals surface area contributed by atoms with Crippen LogP contribution in [0.25, 0.3) is 0 Å². The Labute approximate surface area is 80.7 Å². The highest BCUT2D eigenvalue weighted by atomic mass is 16.5. The van der Waals surface area contributed by atoms with E-state index in [1.54, 1.807) is 6.92 Å². The molecule has 2 atom stereocenters. The lowest BCUT2D eigenvalue weighted by molar-refractivity contribution is -0.121. The summed E-state index contributed by atoms with van der Waals surface area (Å²) in [5.74, 6) is 0.423. The van der Waals surface area contributed by atoms with Crippen LogP contribution in [0.1, 0.15) is 47.0 Å². The topological polar surface area (TPSA) is 26.3 Å². The molecular formula is C11H20O2. The Morgan fingerprint density at radius 1 is 1.62 bits per heavy atom. The maximum Gasteiger partial charge on any atom is 0.132 e. The van der Waals surface area contributed by atoms with E-state index in [9.17, 15) is 4.79 Å². The fraction of sp³-hybridized carbons (Fsp3) is 0.909. The van der Waals surface area contributed by atoms with Gasteiger partial charge in [-0.2, -0.15) is 0 Å². The van der Waals surface area contributed by atoms with Crippen LogP contribution in [0.15, 0.2) is 0 Å². The van der Waals surface area contributed by atoms with Crippen molar-refractivity contribution in [3.05, 3.63) is 0 Å². The monoisotopic (exact) mass is 184 g/mol. The maximum absolute atomic E-state index is 11.0. The molecule has 1 fully saturated rings. The molecule has 0 bridgehead atoms. The van der Waals surface area contributed by atoms with Gasteiger partial charge in [0.1, 0.15) is 5.78 Å². The Hall–Kier alpha value is -0.370. The first-order valence-electron chi connectivity index (χ1n) is 5.09. The fourth-order valence-corrected chi connectivity index (χ4v) is 1.80. The molecule has 0 N–H and O–H groups in total.